The number of nitrogens with zero attached hydrogens (tertiary/aromatic N) is 4. The molecular formula is C30H44N4O6. The number of amides is 4. The Hall–Kier alpha value is -3.14. The van der Waals surface area contributed by atoms with Crippen molar-refractivity contribution in [1.82, 2.24) is 19.6 Å². The molecule has 0 unspecified atom stereocenters. The van der Waals surface area contributed by atoms with E-state index < -0.39 is 35.9 Å². The standard InChI is InChI=1S/C30H44N4O6/c1-30(2,3)40-29(39)33-17-11-9-15-24(33)27(37)34-20-22(35)18-25(34)28(38)32-16-10-8-14-23(32)26(36)31(4)19-21-12-6-5-7-13-21/h5-7,12-13,22-25,35H,8-11,14-20H2,1-4H3/t22-,23+,24+,25+/m1/s1. The fourth-order valence-electron chi connectivity index (χ4n) is 6.04. The molecule has 4 amide bonds. The van der Waals surface area contributed by atoms with Crippen LogP contribution >= 0.6 is 0 Å². The zero-order valence-electron chi connectivity index (χ0n) is 24.3. The fraction of sp³-hybridized carbons (Fsp3) is 0.667. The van der Waals surface area contributed by atoms with E-state index in [1.807, 2.05) is 30.3 Å². The van der Waals surface area contributed by atoms with Crippen molar-refractivity contribution in [3.63, 3.8) is 0 Å². The maximum Gasteiger partial charge on any atom is 0.410 e. The summed E-state index contributed by atoms with van der Waals surface area (Å²) in [5, 5.41) is 10.6. The number of benzene rings is 1. The van der Waals surface area contributed by atoms with Crippen molar-refractivity contribution in [2.75, 3.05) is 26.7 Å². The van der Waals surface area contributed by atoms with E-state index in [0.29, 0.717) is 32.5 Å². The summed E-state index contributed by atoms with van der Waals surface area (Å²) in [6.07, 6.45) is 2.90. The molecule has 0 saturated carbocycles. The van der Waals surface area contributed by atoms with Crippen LogP contribution in [0.1, 0.15) is 71.3 Å². The predicted molar refractivity (Wildman–Crippen MR) is 149 cm³/mol. The Bertz CT molecular complexity index is 1070. The predicted octanol–water partition coefficient (Wildman–Crippen LogP) is 2.78. The number of carbonyl (C=O) groups excluding carboxylic acids is 4. The number of aliphatic hydroxyl groups is 1. The van der Waals surface area contributed by atoms with Gasteiger partial charge in [-0.05, 0) is 64.9 Å². The zero-order chi connectivity index (χ0) is 29.0. The van der Waals surface area contributed by atoms with Gasteiger partial charge < -0.3 is 24.5 Å². The number of hydrogen-bond acceptors (Lipinski definition) is 6. The first-order valence-corrected chi connectivity index (χ1v) is 14.5. The Kier molecular flexibility index (Phi) is 9.38. The second kappa shape index (κ2) is 12.6. The Morgan fingerprint density at radius 1 is 0.875 bits per heavy atom. The van der Waals surface area contributed by atoms with Crippen molar-refractivity contribution in [2.24, 2.45) is 0 Å². The lowest BCUT2D eigenvalue weighted by atomic mass is 9.98. The minimum atomic E-state index is -0.877. The van der Waals surface area contributed by atoms with Gasteiger partial charge in [-0.2, -0.15) is 0 Å². The summed E-state index contributed by atoms with van der Waals surface area (Å²) in [6.45, 7) is 6.63. The first-order valence-electron chi connectivity index (χ1n) is 14.5. The topological polar surface area (TPSA) is 111 Å². The molecule has 4 atom stereocenters. The van der Waals surface area contributed by atoms with Crippen molar-refractivity contribution < 1.29 is 29.0 Å². The van der Waals surface area contributed by atoms with E-state index in [4.69, 9.17) is 4.74 Å². The summed E-state index contributed by atoms with van der Waals surface area (Å²) < 4.78 is 5.57. The molecule has 220 valence electrons. The molecule has 3 fully saturated rings. The average Bonchev–Trinajstić information content (AvgIpc) is 3.33. The van der Waals surface area contributed by atoms with Crippen LogP contribution in [-0.2, 0) is 25.7 Å². The molecule has 3 saturated heterocycles. The number of likely N-dealkylation sites (tertiary alicyclic amines) is 3. The van der Waals surface area contributed by atoms with Crippen molar-refractivity contribution in [3.05, 3.63) is 35.9 Å². The van der Waals surface area contributed by atoms with Gasteiger partial charge in [0.1, 0.15) is 23.7 Å². The second-order valence-corrected chi connectivity index (χ2v) is 12.3. The summed E-state index contributed by atoms with van der Waals surface area (Å²) in [4.78, 5) is 60.5. The maximum absolute atomic E-state index is 14.0. The number of likely N-dealkylation sites (N-methyl/N-ethyl adjacent to an activating group) is 1. The van der Waals surface area contributed by atoms with Crippen molar-refractivity contribution in [3.8, 4) is 0 Å². The summed E-state index contributed by atoms with van der Waals surface area (Å²) in [5.41, 5.74) is 0.304. The minimum Gasteiger partial charge on any atom is -0.444 e. The summed E-state index contributed by atoms with van der Waals surface area (Å²) >= 11 is 0. The first-order chi connectivity index (χ1) is 19.0. The first kappa shape index (κ1) is 29.8. The lowest BCUT2D eigenvalue weighted by Gasteiger charge is -2.41. The van der Waals surface area contributed by atoms with Gasteiger partial charge in [-0.3, -0.25) is 19.3 Å². The highest BCUT2D eigenvalue weighted by molar-refractivity contribution is 5.94. The van der Waals surface area contributed by atoms with Crippen molar-refractivity contribution in [2.45, 2.75) is 102 Å². The number of β-amino-alcohol motifs (C(OH)–C–C–N with tert-alkyl or cyclic N) is 1. The lowest BCUT2D eigenvalue weighted by molar-refractivity contribution is -0.153. The molecule has 3 aliphatic rings. The monoisotopic (exact) mass is 556 g/mol. The molecule has 1 aromatic rings. The minimum absolute atomic E-state index is 0.0221. The third kappa shape index (κ3) is 6.95. The molecule has 3 aliphatic heterocycles. The van der Waals surface area contributed by atoms with Crippen LogP contribution < -0.4 is 0 Å². The van der Waals surface area contributed by atoms with Crippen LogP contribution in [0, 0.1) is 0 Å². The molecule has 40 heavy (non-hydrogen) atoms. The summed E-state index contributed by atoms with van der Waals surface area (Å²) in [5.74, 6) is -0.783. The third-order valence-electron chi connectivity index (χ3n) is 7.97. The van der Waals surface area contributed by atoms with Crippen LogP contribution in [0.4, 0.5) is 4.79 Å². The van der Waals surface area contributed by atoms with Crippen LogP contribution in [0.5, 0.6) is 0 Å². The number of aliphatic hydroxyl groups excluding tert-OH is 1. The van der Waals surface area contributed by atoms with Gasteiger partial charge in [0.25, 0.3) is 0 Å². The number of piperidine rings is 2. The Labute approximate surface area is 237 Å². The van der Waals surface area contributed by atoms with Gasteiger partial charge in [-0.25, -0.2) is 4.79 Å². The maximum atomic E-state index is 14.0. The number of ether oxygens (including phenoxy) is 1. The molecule has 10 heteroatoms. The number of carbonyl (C=O) groups is 4. The van der Waals surface area contributed by atoms with Gasteiger partial charge in [-0.1, -0.05) is 30.3 Å². The molecule has 1 N–H and O–H groups in total. The highest BCUT2D eigenvalue weighted by Crippen LogP contribution is 2.29. The van der Waals surface area contributed by atoms with Crippen LogP contribution in [0.25, 0.3) is 0 Å². The van der Waals surface area contributed by atoms with Crippen LogP contribution in [-0.4, -0.2) is 105 Å². The van der Waals surface area contributed by atoms with E-state index in [-0.39, 0.29) is 30.7 Å². The Morgan fingerprint density at radius 2 is 1.48 bits per heavy atom. The smallest absolute Gasteiger partial charge is 0.410 e. The fourth-order valence-corrected chi connectivity index (χ4v) is 6.04. The van der Waals surface area contributed by atoms with E-state index in [1.165, 1.54) is 9.80 Å². The SMILES string of the molecule is CN(Cc1ccccc1)C(=O)[C@@H]1CCCCN1C(=O)[C@@H]1C[C@@H](O)CN1C(=O)[C@@H]1CCCCN1C(=O)OC(C)(C)C. The summed E-state index contributed by atoms with van der Waals surface area (Å²) in [7, 11) is 1.75. The number of hydrogen-bond donors (Lipinski definition) is 1. The zero-order valence-corrected chi connectivity index (χ0v) is 24.3. The molecule has 10 nitrogen and oxygen atoms in total. The molecule has 4 rings (SSSR count). The van der Waals surface area contributed by atoms with Gasteiger partial charge in [0.05, 0.1) is 6.10 Å². The molecule has 0 bridgehead atoms. The van der Waals surface area contributed by atoms with Crippen molar-refractivity contribution in [1.29, 1.82) is 0 Å². The molecule has 1 aromatic carbocycles. The highest BCUT2D eigenvalue weighted by atomic mass is 16.6. The van der Waals surface area contributed by atoms with Gasteiger partial charge in [0.15, 0.2) is 0 Å². The van der Waals surface area contributed by atoms with Gasteiger partial charge in [-0.15, -0.1) is 0 Å². The molecule has 0 aromatic heterocycles. The Balaban J connectivity index is 1.50. The largest absolute Gasteiger partial charge is 0.444 e. The lowest BCUT2D eigenvalue weighted by Crippen LogP contribution is -2.59. The normalized spacial score (nSPS) is 25.5. The van der Waals surface area contributed by atoms with Crippen molar-refractivity contribution >= 4 is 23.8 Å². The quantitative estimate of drug-likeness (QED) is 0.597. The van der Waals surface area contributed by atoms with Crippen LogP contribution in [0.15, 0.2) is 30.3 Å². The summed E-state index contributed by atoms with van der Waals surface area (Å²) in [6, 6.07) is 7.46. The van der Waals surface area contributed by atoms with Crippen LogP contribution in [0.3, 0.4) is 0 Å². The Morgan fingerprint density at radius 3 is 2.12 bits per heavy atom. The van der Waals surface area contributed by atoms with Gasteiger partial charge in [0.2, 0.25) is 17.7 Å². The molecule has 0 spiro atoms. The van der Waals surface area contributed by atoms with E-state index in [2.05, 4.69) is 0 Å². The van der Waals surface area contributed by atoms with Gasteiger partial charge in [0, 0.05) is 39.6 Å². The van der Waals surface area contributed by atoms with Crippen LogP contribution in [0.2, 0.25) is 0 Å². The van der Waals surface area contributed by atoms with Gasteiger partial charge >= 0.3 is 6.09 Å². The second-order valence-electron chi connectivity index (χ2n) is 12.3. The molecular weight excluding hydrogens is 512 g/mol. The third-order valence-corrected chi connectivity index (χ3v) is 7.97. The van der Waals surface area contributed by atoms with E-state index in [9.17, 15) is 24.3 Å². The number of rotatable bonds is 5. The van der Waals surface area contributed by atoms with E-state index in [1.54, 1.807) is 37.6 Å². The van der Waals surface area contributed by atoms with E-state index >= 15 is 0 Å². The highest BCUT2D eigenvalue weighted by Gasteiger charge is 2.47. The van der Waals surface area contributed by atoms with E-state index in [0.717, 1.165) is 31.2 Å². The molecule has 3 heterocycles. The average molecular weight is 557 g/mol. The molecule has 0 aliphatic carbocycles. The molecule has 0 radical (unpaired) electrons.